The third-order valence-corrected chi connectivity index (χ3v) is 3.94. The SMILES string of the molecule is COc1cc(NC(=O)CN(c2ccc(C)cc2)C(C)C)cc(OC)c1. The predicted molar refractivity (Wildman–Crippen MR) is 102 cm³/mol. The van der Waals surface area contributed by atoms with Crippen LogP contribution in [0.5, 0.6) is 11.5 Å². The van der Waals surface area contributed by atoms with Crippen LogP contribution >= 0.6 is 0 Å². The van der Waals surface area contributed by atoms with Crippen molar-refractivity contribution in [2.75, 3.05) is 31.0 Å². The van der Waals surface area contributed by atoms with Gasteiger partial charge in [-0.1, -0.05) is 17.7 Å². The van der Waals surface area contributed by atoms with Gasteiger partial charge in [0, 0.05) is 35.6 Å². The Morgan fingerprint density at radius 1 is 1.04 bits per heavy atom. The number of nitrogens with zero attached hydrogens (tertiary/aromatic N) is 1. The van der Waals surface area contributed by atoms with E-state index in [0.717, 1.165) is 5.69 Å². The summed E-state index contributed by atoms with van der Waals surface area (Å²) in [5.74, 6) is 1.17. The van der Waals surface area contributed by atoms with E-state index in [-0.39, 0.29) is 18.5 Å². The fourth-order valence-corrected chi connectivity index (χ4v) is 2.54. The largest absolute Gasteiger partial charge is 0.497 e. The summed E-state index contributed by atoms with van der Waals surface area (Å²) in [5, 5.41) is 2.92. The number of ether oxygens (including phenoxy) is 2. The molecule has 0 aliphatic carbocycles. The average molecular weight is 342 g/mol. The maximum absolute atomic E-state index is 12.5. The van der Waals surface area contributed by atoms with Crippen LogP contribution in [0.1, 0.15) is 19.4 Å². The topological polar surface area (TPSA) is 50.8 Å². The molecule has 0 aromatic heterocycles. The first-order valence-electron chi connectivity index (χ1n) is 8.29. The Hall–Kier alpha value is -2.69. The number of rotatable bonds is 7. The molecule has 1 amide bonds. The van der Waals surface area contributed by atoms with Gasteiger partial charge in [-0.25, -0.2) is 0 Å². The number of hydrogen-bond acceptors (Lipinski definition) is 4. The van der Waals surface area contributed by atoms with Crippen molar-refractivity contribution >= 4 is 17.3 Å². The van der Waals surface area contributed by atoms with Crippen LogP contribution in [0.2, 0.25) is 0 Å². The normalized spacial score (nSPS) is 10.5. The van der Waals surface area contributed by atoms with Crippen LogP contribution in [0.4, 0.5) is 11.4 Å². The summed E-state index contributed by atoms with van der Waals surface area (Å²) in [6.45, 7) is 6.45. The molecule has 0 atom stereocenters. The van der Waals surface area contributed by atoms with Crippen LogP contribution in [0.15, 0.2) is 42.5 Å². The van der Waals surface area contributed by atoms with Gasteiger partial charge >= 0.3 is 0 Å². The molecule has 5 heteroatoms. The van der Waals surface area contributed by atoms with Gasteiger partial charge in [0.05, 0.1) is 20.8 Å². The number of benzene rings is 2. The van der Waals surface area contributed by atoms with Gasteiger partial charge < -0.3 is 19.7 Å². The molecule has 25 heavy (non-hydrogen) atoms. The van der Waals surface area contributed by atoms with Crippen LogP contribution in [0, 0.1) is 6.92 Å². The summed E-state index contributed by atoms with van der Waals surface area (Å²) >= 11 is 0. The second-order valence-electron chi connectivity index (χ2n) is 6.21. The third-order valence-electron chi connectivity index (χ3n) is 3.94. The summed E-state index contributed by atoms with van der Waals surface area (Å²) in [6.07, 6.45) is 0. The highest BCUT2D eigenvalue weighted by molar-refractivity contribution is 5.94. The lowest BCUT2D eigenvalue weighted by Gasteiger charge is -2.28. The van der Waals surface area contributed by atoms with Crippen molar-refractivity contribution in [2.45, 2.75) is 26.8 Å². The second-order valence-corrected chi connectivity index (χ2v) is 6.21. The highest BCUT2D eigenvalue weighted by Crippen LogP contribution is 2.26. The number of methoxy groups -OCH3 is 2. The Morgan fingerprint density at radius 3 is 2.08 bits per heavy atom. The smallest absolute Gasteiger partial charge is 0.243 e. The highest BCUT2D eigenvalue weighted by atomic mass is 16.5. The van der Waals surface area contributed by atoms with Crippen molar-refractivity contribution in [1.82, 2.24) is 0 Å². The molecule has 0 aliphatic rings. The van der Waals surface area contributed by atoms with Crippen LogP contribution in [0.3, 0.4) is 0 Å². The van der Waals surface area contributed by atoms with Gasteiger partial charge in [-0.3, -0.25) is 4.79 Å². The van der Waals surface area contributed by atoms with E-state index in [1.807, 2.05) is 19.1 Å². The lowest BCUT2D eigenvalue weighted by molar-refractivity contribution is -0.115. The molecule has 2 aromatic carbocycles. The van der Waals surface area contributed by atoms with E-state index in [1.54, 1.807) is 32.4 Å². The van der Waals surface area contributed by atoms with Gasteiger partial charge in [0.15, 0.2) is 0 Å². The molecule has 0 saturated carbocycles. The van der Waals surface area contributed by atoms with Gasteiger partial charge in [-0.05, 0) is 32.9 Å². The number of amides is 1. The molecular formula is C20H26N2O3. The van der Waals surface area contributed by atoms with Gasteiger partial charge in [0.1, 0.15) is 11.5 Å². The van der Waals surface area contributed by atoms with Crippen molar-refractivity contribution in [3.63, 3.8) is 0 Å². The quantitative estimate of drug-likeness (QED) is 0.830. The van der Waals surface area contributed by atoms with Crippen molar-refractivity contribution in [3.05, 3.63) is 48.0 Å². The average Bonchev–Trinajstić information content (AvgIpc) is 2.60. The lowest BCUT2D eigenvalue weighted by atomic mass is 10.2. The van der Waals surface area contributed by atoms with E-state index in [1.165, 1.54) is 5.56 Å². The Bertz CT molecular complexity index is 689. The molecule has 0 heterocycles. The molecule has 0 saturated heterocycles. The fraction of sp³-hybridized carbons (Fsp3) is 0.350. The Morgan fingerprint density at radius 2 is 1.60 bits per heavy atom. The molecule has 134 valence electrons. The van der Waals surface area contributed by atoms with Crippen molar-refractivity contribution in [2.24, 2.45) is 0 Å². The van der Waals surface area contributed by atoms with Gasteiger partial charge in [0.2, 0.25) is 5.91 Å². The number of carbonyl (C=O) groups excluding carboxylic acids is 1. The molecule has 1 N–H and O–H groups in total. The minimum Gasteiger partial charge on any atom is -0.497 e. The molecular weight excluding hydrogens is 316 g/mol. The molecule has 0 unspecified atom stereocenters. The van der Waals surface area contributed by atoms with E-state index < -0.39 is 0 Å². The fourth-order valence-electron chi connectivity index (χ4n) is 2.54. The number of anilines is 2. The second kappa shape index (κ2) is 8.42. The zero-order valence-electron chi connectivity index (χ0n) is 15.5. The molecule has 2 rings (SSSR count). The highest BCUT2D eigenvalue weighted by Gasteiger charge is 2.15. The third kappa shape index (κ3) is 5.14. The number of hydrogen-bond donors (Lipinski definition) is 1. The van der Waals surface area contributed by atoms with Crippen molar-refractivity contribution in [3.8, 4) is 11.5 Å². The Labute approximate surface area is 149 Å². The van der Waals surface area contributed by atoms with Crippen molar-refractivity contribution < 1.29 is 14.3 Å². The van der Waals surface area contributed by atoms with Crippen LogP contribution in [-0.2, 0) is 4.79 Å². The van der Waals surface area contributed by atoms with Crippen LogP contribution < -0.4 is 19.7 Å². The molecule has 0 aliphatic heterocycles. The van der Waals surface area contributed by atoms with Gasteiger partial charge in [0.25, 0.3) is 0 Å². The standard InChI is InChI=1S/C20H26N2O3/c1-14(2)22(17-8-6-15(3)7-9-17)13-20(23)21-16-10-18(24-4)12-19(11-16)25-5/h6-12,14H,13H2,1-5H3,(H,21,23). The maximum Gasteiger partial charge on any atom is 0.243 e. The molecule has 0 spiro atoms. The molecule has 0 radical (unpaired) electrons. The number of carbonyl (C=O) groups is 1. The predicted octanol–water partition coefficient (Wildman–Crippen LogP) is 3.87. The van der Waals surface area contributed by atoms with Gasteiger partial charge in [-0.2, -0.15) is 0 Å². The minimum absolute atomic E-state index is 0.0930. The van der Waals surface area contributed by atoms with E-state index in [2.05, 4.69) is 36.2 Å². The molecule has 0 fully saturated rings. The summed E-state index contributed by atoms with van der Waals surface area (Å²) in [6, 6.07) is 13.7. The summed E-state index contributed by atoms with van der Waals surface area (Å²) in [5.41, 5.74) is 2.87. The van der Waals surface area contributed by atoms with E-state index in [0.29, 0.717) is 17.2 Å². The number of nitrogens with one attached hydrogen (secondary N) is 1. The Kier molecular flexibility index (Phi) is 6.28. The summed E-state index contributed by atoms with van der Waals surface area (Å²) < 4.78 is 10.5. The van der Waals surface area contributed by atoms with E-state index in [4.69, 9.17) is 9.47 Å². The van der Waals surface area contributed by atoms with Crippen molar-refractivity contribution in [1.29, 1.82) is 0 Å². The first kappa shape index (κ1) is 18.6. The first-order chi connectivity index (χ1) is 11.9. The Balaban J connectivity index is 2.13. The minimum atomic E-state index is -0.0930. The maximum atomic E-state index is 12.5. The molecule has 0 bridgehead atoms. The first-order valence-corrected chi connectivity index (χ1v) is 8.29. The lowest BCUT2D eigenvalue weighted by Crippen LogP contribution is -2.38. The number of aryl methyl sites for hydroxylation is 1. The zero-order chi connectivity index (χ0) is 18.4. The monoisotopic (exact) mass is 342 g/mol. The van der Waals surface area contributed by atoms with E-state index >= 15 is 0 Å². The molecule has 5 nitrogen and oxygen atoms in total. The zero-order valence-corrected chi connectivity index (χ0v) is 15.5. The van der Waals surface area contributed by atoms with E-state index in [9.17, 15) is 4.79 Å². The van der Waals surface area contributed by atoms with Crippen LogP contribution in [-0.4, -0.2) is 32.7 Å². The summed E-state index contributed by atoms with van der Waals surface area (Å²) in [4.78, 5) is 14.6. The summed E-state index contributed by atoms with van der Waals surface area (Å²) in [7, 11) is 3.16. The van der Waals surface area contributed by atoms with Crippen LogP contribution in [0.25, 0.3) is 0 Å². The van der Waals surface area contributed by atoms with Gasteiger partial charge in [-0.15, -0.1) is 0 Å². The molecule has 2 aromatic rings.